The molecule has 2 rings (SSSR count). The second kappa shape index (κ2) is 15.4. The number of fused-ring (bicyclic) bond motifs is 1. The molecule has 2 aromatic rings. The van der Waals surface area contributed by atoms with Gasteiger partial charge in [0.05, 0.1) is 6.04 Å². The normalized spacial score (nSPS) is 14.7. The maximum Gasteiger partial charge on any atom is 0.326 e. The molecule has 0 saturated carbocycles. The summed E-state index contributed by atoms with van der Waals surface area (Å²) < 4.78 is 0. The molecule has 41 heavy (non-hydrogen) atoms. The summed E-state index contributed by atoms with van der Waals surface area (Å²) in [6.07, 6.45) is 0.444. The summed E-state index contributed by atoms with van der Waals surface area (Å²) in [4.78, 5) is 76.3. The Bertz CT molecular complexity index is 1260. The van der Waals surface area contributed by atoms with Gasteiger partial charge in [0.2, 0.25) is 17.7 Å². The number of hydrogen-bond donors (Lipinski definition) is 8. The largest absolute Gasteiger partial charge is 0.481 e. The molecular formula is C27H37N5O9. The second-order valence-corrected chi connectivity index (χ2v) is 9.86. The minimum Gasteiger partial charge on any atom is -0.481 e. The number of benzene rings is 1. The van der Waals surface area contributed by atoms with E-state index in [1.165, 1.54) is 0 Å². The van der Waals surface area contributed by atoms with E-state index in [-0.39, 0.29) is 18.8 Å². The highest BCUT2D eigenvalue weighted by atomic mass is 16.4. The Morgan fingerprint density at radius 2 is 1.37 bits per heavy atom. The summed E-state index contributed by atoms with van der Waals surface area (Å²) >= 11 is 0. The van der Waals surface area contributed by atoms with Gasteiger partial charge in [0.1, 0.15) is 18.1 Å². The molecule has 1 aromatic heterocycles. The third-order valence-corrected chi connectivity index (χ3v) is 6.83. The summed E-state index contributed by atoms with van der Waals surface area (Å²) in [5.41, 5.74) is 7.34. The highest BCUT2D eigenvalue weighted by Crippen LogP contribution is 2.19. The Kier molecular flexibility index (Phi) is 12.3. The molecule has 1 heterocycles. The zero-order valence-corrected chi connectivity index (χ0v) is 22.9. The average Bonchev–Trinajstić information content (AvgIpc) is 3.33. The van der Waals surface area contributed by atoms with Gasteiger partial charge in [-0.2, -0.15) is 0 Å². The van der Waals surface area contributed by atoms with Gasteiger partial charge in [0, 0.05) is 36.4 Å². The number of nitrogens with two attached hydrogens (primary N) is 1. The van der Waals surface area contributed by atoms with E-state index in [0.717, 1.165) is 10.9 Å². The third kappa shape index (κ3) is 9.90. The summed E-state index contributed by atoms with van der Waals surface area (Å²) in [5, 5.41) is 35.6. The first-order valence-electron chi connectivity index (χ1n) is 13.2. The third-order valence-electron chi connectivity index (χ3n) is 6.83. The number of aliphatic carboxylic acids is 3. The van der Waals surface area contributed by atoms with E-state index < -0.39 is 79.1 Å². The number of aromatic nitrogens is 1. The van der Waals surface area contributed by atoms with E-state index in [2.05, 4.69) is 20.9 Å². The van der Waals surface area contributed by atoms with Gasteiger partial charge < -0.3 is 42.0 Å². The topological polar surface area (TPSA) is 241 Å². The molecule has 0 aliphatic heterocycles. The Morgan fingerprint density at radius 1 is 0.829 bits per heavy atom. The number of carboxylic acid groups (broad SMARTS) is 3. The Balaban J connectivity index is 2.34. The summed E-state index contributed by atoms with van der Waals surface area (Å²) in [7, 11) is 0. The number of aromatic amines is 1. The van der Waals surface area contributed by atoms with Crippen molar-refractivity contribution in [3.05, 3.63) is 36.0 Å². The molecule has 0 aliphatic rings. The lowest BCUT2D eigenvalue weighted by Crippen LogP contribution is -2.58. The molecule has 5 atom stereocenters. The quantitative estimate of drug-likeness (QED) is 0.129. The van der Waals surface area contributed by atoms with Crippen LogP contribution in [0.5, 0.6) is 0 Å². The number of H-pyrrole nitrogens is 1. The van der Waals surface area contributed by atoms with Crippen molar-refractivity contribution in [1.82, 2.24) is 20.9 Å². The fourth-order valence-corrected chi connectivity index (χ4v) is 4.12. The van der Waals surface area contributed by atoms with Crippen molar-refractivity contribution in [2.24, 2.45) is 11.7 Å². The lowest BCUT2D eigenvalue weighted by Gasteiger charge is -2.26. The Morgan fingerprint density at radius 3 is 1.95 bits per heavy atom. The van der Waals surface area contributed by atoms with Crippen LogP contribution in [0.25, 0.3) is 10.9 Å². The van der Waals surface area contributed by atoms with E-state index >= 15 is 0 Å². The van der Waals surface area contributed by atoms with Gasteiger partial charge in [0.15, 0.2) is 0 Å². The van der Waals surface area contributed by atoms with Crippen LogP contribution in [0.3, 0.4) is 0 Å². The van der Waals surface area contributed by atoms with E-state index in [1.54, 1.807) is 37.4 Å². The molecule has 0 fully saturated rings. The van der Waals surface area contributed by atoms with Crippen LogP contribution in [-0.2, 0) is 35.2 Å². The highest BCUT2D eigenvalue weighted by molar-refractivity contribution is 5.95. The Labute approximate surface area is 236 Å². The number of rotatable bonds is 17. The maximum absolute atomic E-state index is 13.4. The van der Waals surface area contributed by atoms with Crippen molar-refractivity contribution < 1.29 is 44.1 Å². The van der Waals surface area contributed by atoms with Crippen LogP contribution in [0.2, 0.25) is 0 Å². The zero-order chi connectivity index (χ0) is 30.7. The smallest absolute Gasteiger partial charge is 0.326 e. The number of carbonyl (C=O) groups is 6. The molecule has 0 saturated heterocycles. The maximum atomic E-state index is 13.4. The summed E-state index contributed by atoms with van der Waals surface area (Å²) in [6.45, 7) is 3.59. The lowest BCUT2D eigenvalue weighted by molar-refractivity contribution is -0.143. The average molecular weight is 576 g/mol. The molecule has 224 valence electrons. The molecule has 1 aromatic carbocycles. The van der Waals surface area contributed by atoms with Gasteiger partial charge in [-0.05, 0) is 30.4 Å². The fourth-order valence-electron chi connectivity index (χ4n) is 4.12. The van der Waals surface area contributed by atoms with Crippen LogP contribution in [0.1, 0.15) is 51.5 Å². The molecule has 0 spiro atoms. The second-order valence-electron chi connectivity index (χ2n) is 9.86. The SMILES string of the molecule is CCC(C)C(N)C(=O)NC(CCC(=O)O)C(=O)NC(Cc1c[nH]c2ccccc12)C(=O)NC(CCC(=O)O)C(=O)O. The number of carboxylic acids is 3. The van der Waals surface area contributed by atoms with Gasteiger partial charge in [-0.25, -0.2) is 4.79 Å². The first kappa shape index (κ1) is 32.8. The van der Waals surface area contributed by atoms with E-state index in [1.807, 2.05) is 6.92 Å². The molecular weight excluding hydrogens is 538 g/mol. The number of hydrogen-bond acceptors (Lipinski definition) is 7. The number of amides is 3. The predicted octanol–water partition coefficient (Wildman–Crippen LogP) is 0.352. The van der Waals surface area contributed by atoms with Gasteiger partial charge in [0.25, 0.3) is 0 Å². The van der Waals surface area contributed by atoms with Crippen molar-refractivity contribution in [3.8, 4) is 0 Å². The molecule has 5 unspecified atom stereocenters. The summed E-state index contributed by atoms with van der Waals surface area (Å²) in [5.74, 6) is -6.57. The van der Waals surface area contributed by atoms with E-state index in [4.69, 9.17) is 15.9 Å². The number of para-hydroxylation sites is 1. The highest BCUT2D eigenvalue weighted by Gasteiger charge is 2.32. The molecule has 14 heteroatoms. The zero-order valence-electron chi connectivity index (χ0n) is 22.9. The van der Waals surface area contributed by atoms with Crippen molar-refractivity contribution in [1.29, 1.82) is 0 Å². The standard InChI is InChI=1S/C27H37N5O9/c1-3-14(2)23(28)26(39)30-18(8-10-21(33)34)24(37)32-20(12-15-13-29-17-7-5-4-6-16(15)17)25(38)31-19(27(40)41)9-11-22(35)36/h4-7,13-14,18-20,23,29H,3,8-12,28H2,1-2H3,(H,30,39)(H,31,38)(H,32,37)(H,33,34)(H,35,36)(H,40,41). The van der Waals surface area contributed by atoms with Gasteiger partial charge in [-0.1, -0.05) is 38.5 Å². The molecule has 0 bridgehead atoms. The number of nitrogens with one attached hydrogen (secondary N) is 4. The van der Waals surface area contributed by atoms with Crippen molar-refractivity contribution in [2.75, 3.05) is 0 Å². The van der Waals surface area contributed by atoms with E-state index in [9.17, 15) is 33.9 Å². The van der Waals surface area contributed by atoms with Crippen LogP contribution in [0.15, 0.2) is 30.5 Å². The van der Waals surface area contributed by atoms with Crippen molar-refractivity contribution in [3.63, 3.8) is 0 Å². The van der Waals surface area contributed by atoms with Crippen LogP contribution >= 0.6 is 0 Å². The first-order chi connectivity index (χ1) is 19.3. The minimum atomic E-state index is -1.54. The van der Waals surface area contributed by atoms with Crippen molar-refractivity contribution >= 4 is 46.5 Å². The van der Waals surface area contributed by atoms with Gasteiger partial charge in [-0.3, -0.25) is 24.0 Å². The molecule has 9 N–H and O–H groups in total. The first-order valence-corrected chi connectivity index (χ1v) is 13.2. The van der Waals surface area contributed by atoms with E-state index in [0.29, 0.717) is 12.0 Å². The Hall–Kier alpha value is -4.46. The minimum absolute atomic E-state index is 0.0984. The summed E-state index contributed by atoms with van der Waals surface area (Å²) in [6, 6.07) is 1.95. The lowest BCUT2D eigenvalue weighted by atomic mass is 9.98. The molecule has 0 aliphatic carbocycles. The molecule has 14 nitrogen and oxygen atoms in total. The van der Waals surface area contributed by atoms with Crippen LogP contribution in [0.4, 0.5) is 0 Å². The monoisotopic (exact) mass is 575 g/mol. The van der Waals surface area contributed by atoms with Crippen LogP contribution in [-0.4, -0.2) is 80.1 Å². The molecule has 0 radical (unpaired) electrons. The van der Waals surface area contributed by atoms with Gasteiger partial charge in [-0.15, -0.1) is 0 Å². The molecule has 3 amide bonds. The predicted molar refractivity (Wildman–Crippen MR) is 147 cm³/mol. The fraction of sp³-hybridized carbons (Fsp3) is 0.481. The van der Waals surface area contributed by atoms with Gasteiger partial charge >= 0.3 is 17.9 Å². The number of carbonyl (C=O) groups excluding carboxylic acids is 3. The van der Waals surface area contributed by atoms with Crippen LogP contribution in [0, 0.1) is 5.92 Å². The van der Waals surface area contributed by atoms with Crippen LogP contribution < -0.4 is 21.7 Å². The van der Waals surface area contributed by atoms with Crippen molar-refractivity contribution in [2.45, 2.75) is 76.5 Å².